The highest BCUT2D eigenvalue weighted by atomic mass is 127. The van der Waals surface area contributed by atoms with Crippen LogP contribution in [0.2, 0.25) is 0 Å². The number of likely N-dealkylation sites (tertiary alicyclic amines) is 1. The maximum Gasteiger partial charge on any atom is 0.239 e. The minimum Gasteiger partial charge on any atom is -0.357 e. The van der Waals surface area contributed by atoms with Gasteiger partial charge in [-0.15, -0.1) is 24.0 Å². The van der Waals surface area contributed by atoms with Crippen LogP contribution in [0.3, 0.4) is 0 Å². The topological polar surface area (TPSA) is 60.0 Å². The summed E-state index contributed by atoms with van der Waals surface area (Å²) in [4.78, 5) is 21.0. The Bertz CT molecular complexity index is 726. The van der Waals surface area contributed by atoms with Crippen molar-refractivity contribution in [2.45, 2.75) is 51.5 Å². The molecule has 31 heavy (non-hydrogen) atoms. The molecule has 6 nitrogen and oxygen atoms in total. The van der Waals surface area contributed by atoms with Gasteiger partial charge < -0.3 is 15.5 Å². The van der Waals surface area contributed by atoms with Crippen molar-refractivity contribution in [3.05, 3.63) is 35.6 Å². The third kappa shape index (κ3) is 8.56. The van der Waals surface area contributed by atoms with Gasteiger partial charge in [0.15, 0.2) is 5.96 Å². The standard InChI is InChI=1S/C23H38FN5O.HI/c1-6-25-22(27-17-23(2,3)18-10-7-11-19(24)16-18)26-13-9-15-29-14-8-12-20(29)21(30)28(4)5;/h7,10-11,16,20H,6,8-9,12-15,17H2,1-5H3,(H2,25,26,27);1H. The number of hydrogen-bond donors (Lipinski definition) is 2. The molecule has 2 N–H and O–H groups in total. The van der Waals surface area contributed by atoms with Crippen molar-refractivity contribution < 1.29 is 9.18 Å². The molecule has 0 radical (unpaired) electrons. The van der Waals surface area contributed by atoms with Crippen LogP contribution in [0.5, 0.6) is 0 Å². The average molecular weight is 548 g/mol. The van der Waals surface area contributed by atoms with Crippen molar-refractivity contribution in [3.8, 4) is 0 Å². The Hall–Kier alpha value is -1.42. The molecule has 1 aliphatic rings. The van der Waals surface area contributed by atoms with Gasteiger partial charge in [0.1, 0.15) is 5.82 Å². The molecular weight excluding hydrogens is 508 g/mol. The number of likely N-dealkylation sites (N-methyl/N-ethyl adjacent to an activating group) is 1. The van der Waals surface area contributed by atoms with Gasteiger partial charge in [-0.1, -0.05) is 26.0 Å². The first-order chi connectivity index (χ1) is 14.2. The predicted octanol–water partition coefficient (Wildman–Crippen LogP) is 3.22. The van der Waals surface area contributed by atoms with Crippen LogP contribution >= 0.6 is 24.0 Å². The number of benzene rings is 1. The van der Waals surface area contributed by atoms with Crippen LogP contribution in [-0.4, -0.2) is 74.5 Å². The lowest BCUT2D eigenvalue weighted by Crippen LogP contribution is -2.44. The Morgan fingerprint density at radius 1 is 1.32 bits per heavy atom. The quantitative estimate of drug-likeness (QED) is 0.216. The Labute approximate surface area is 204 Å². The van der Waals surface area contributed by atoms with Crippen LogP contribution < -0.4 is 10.6 Å². The number of halogens is 2. The van der Waals surface area contributed by atoms with Crippen LogP contribution in [0.4, 0.5) is 4.39 Å². The zero-order valence-corrected chi connectivity index (χ0v) is 21.9. The molecule has 1 aromatic carbocycles. The third-order valence-corrected chi connectivity index (χ3v) is 5.59. The summed E-state index contributed by atoms with van der Waals surface area (Å²) in [6.45, 7) is 10.2. The fourth-order valence-electron chi connectivity index (χ4n) is 3.78. The van der Waals surface area contributed by atoms with E-state index in [1.54, 1.807) is 17.0 Å². The van der Waals surface area contributed by atoms with Crippen molar-refractivity contribution in [2.75, 3.05) is 46.8 Å². The van der Waals surface area contributed by atoms with Crippen LogP contribution in [0.1, 0.15) is 45.6 Å². The lowest BCUT2D eigenvalue weighted by atomic mass is 9.85. The molecule has 1 amide bonds. The van der Waals surface area contributed by atoms with Gasteiger partial charge in [0.25, 0.3) is 0 Å². The van der Waals surface area contributed by atoms with Crippen molar-refractivity contribution in [1.29, 1.82) is 0 Å². The van der Waals surface area contributed by atoms with E-state index in [0.29, 0.717) is 6.54 Å². The molecule has 0 spiro atoms. The first-order valence-corrected chi connectivity index (χ1v) is 11.0. The van der Waals surface area contributed by atoms with Crippen molar-refractivity contribution in [2.24, 2.45) is 4.99 Å². The van der Waals surface area contributed by atoms with E-state index in [1.165, 1.54) is 6.07 Å². The van der Waals surface area contributed by atoms with E-state index in [9.17, 15) is 9.18 Å². The maximum atomic E-state index is 13.6. The van der Waals surface area contributed by atoms with Crippen molar-refractivity contribution in [1.82, 2.24) is 20.4 Å². The lowest BCUT2D eigenvalue weighted by molar-refractivity contribution is -0.133. The Morgan fingerprint density at radius 3 is 2.71 bits per heavy atom. The summed E-state index contributed by atoms with van der Waals surface area (Å²) < 4.78 is 13.6. The highest BCUT2D eigenvalue weighted by Gasteiger charge is 2.31. The highest BCUT2D eigenvalue weighted by Crippen LogP contribution is 2.24. The smallest absolute Gasteiger partial charge is 0.239 e. The molecule has 1 saturated heterocycles. The van der Waals surface area contributed by atoms with Gasteiger partial charge in [-0.2, -0.15) is 0 Å². The molecular formula is C23H39FIN5O. The number of rotatable bonds is 9. The summed E-state index contributed by atoms with van der Waals surface area (Å²) in [5, 5.41) is 6.67. The second kappa shape index (κ2) is 13.2. The van der Waals surface area contributed by atoms with E-state index >= 15 is 0 Å². The van der Waals surface area contributed by atoms with Crippen LogP contribution in [-0.2, 0) is 10.2 Å². The van der Waals surface area contributed by atoms with E-state index in [2.05, 4.69) is 29.4 Å². The SMILES string of the molecule is CCNC(=NCC(C)(C)c1cccc(F)c1)NCCCN1CCCC1C(=O)N(C)C.I. The molecule has 0 aromatic heterocycles. The average Bonchev–Trinajstić information content (AvgIpc) is 3.17. The van der Waals surface area contributed by atoms with E-state index in [-0.39, 0.29) is 47.2 Å². The number of carbonyl (C=O) groups excluding carboxylic acids is 1. The highest BCUT2D eigenvalue weighted by molar-refractivity contribution is 14.0. The predicted molar refractivity (Wildman–Crippen MR) is 137 cm³/mol. The fourth-order valence-corrected chi connectivity index (χ4v) is 3.78. The Morgan fingerprint density at radius 2 is 2.06 bits per heavy atom. The van der Waals surface area contributed by atoms with Gasteiger partial charge in [0, 0.05) is 39.1 Å². The van der Waals surface area contributed by atoms with Gasteiger partial charge >= 0.3 is 0 Å². The van der Waals surface area contributed by atoms with Crippen LogP contribution in [0, 0.1) is 5.82 Å². The largest absolute Gasteiger partial charge is 0.357 e. The van der Waals surface area contributed by atoms with Gasteiger partial charge in [-0.25, -0.2) is 4.39 Å². The number of hydrogen-bond acceptors (Lipinski definition) is 3. The van der Waals surface area contributed by atoms with Gasteiger partial charge in [-0.3, -0.25) is 14.7 Å². The molecule has 0 aliphatic carbocycles. The second-order valence-electron chi connectivity index (χ2n) is 8.80. The first kappa shape index (κ1) is 27.6. The van der Waals surface area contributed by atoms with Crippen molar-refractivity contribution >= 4 is 35.8 Å². The van der Waals surface area contributed by atoms with Gasteiger partial charge in [-0.05, 0) is 50.4 Å². The summed E-state index contributed by atoms with van der Waals surface area (Å²) in [5.41, 5.74) is 0.674. The lowest BCUT2D eigenvalue weighted by Gasteiger charge is -2.26. The molecule has 8 heteroatoms. The molecule has 0 bridgehead atoms. The minimum atomic E-state index is -0.264. The van der Waals surface area contributed by atoms with E-state index in [1.807, 2.05) is 27.1 Å². The zero-order chi connectivity index (χ0) is 22.1. The Balaban J connectivity index is 0.00000480. The van der Waals surface area contributed by atoms with Crippen molar-refractivity contribution in [3.63, 3.8) is 0 Å². The summed E-state index contributed by atoms with van der Waals surface area (Å²) in [6, 6.07) is 6.75. The normalized spacial score (nSPS) is 17.2. The zero-order valence-electron chi connectivity index (χ0n) is 19.6. The van der Waals surface area contributed by atoms with Gasteiger partial charge in [0.05, 0.1) is 12.6 Å². The number of amides is 1. The first-order valence-electron chi connectivity index (χ1n) is 11.0. The third-order valence-electron chi connectivity index (χ3n) is 5.59. The molecule has 1 aliphatic heterocycles. The van der Waals surface area contributed by atoms with E-state index in [0.717, 1.165) is 57.0 Å². The molecule has 1 unspecified atom stereocenters. The summed E-state index contributed by atoms with van der Waals surface area (Å²) in [6.07, 6.45) is 2.97. The minimum absolute atomic E-state index is 0. The summed E-state index contributed by atoms with van der Waals surface area (Å²) in [5.74, 6) is 0.752. The molecule has 1 fully saturated rings. The number of nitrogens with one attached hydrogen (secondary N) is 2. The Kier molecular flexibility index (Phi) is 11.8. The molecule has 1 atom stereocenters. The van der Waals surface area contributed by atoms with Gasteiger partial charge in [0.2, 0.25) is 5.91 Å². The molecule has 2 rings (SSSR count). The van der Waals surface area contributed by atoms with E-state index in [4.69, 9.17) is 4.99 Å². The summed E-state index contributed by atoms with van der Waals surface area (Å²) in [7, 11) is 3.65. The van der Waals surface area contributed by atoms with E-state index < -0.39 is 0 Å². The molecule has 1 aromatic rings. The number of nitrogens with zero attached hydrogens (tertiary/aromatic N) is 3. The summed E-state index contributed by atoms with van der Waals surface area (Å²) >= 11 is 0. The molecule has 176 valence electrons. The second-order valence-corrected chi connectivity index (χ2v) is 8.80. The number of guanidine groups is 1. The van der Waals surface area contributed by atoms with Crippen LogP contribution in [0.25, 0.3) is 0 Å². The fraction of sp³-hybridized carbons (Fsp3) is 0.652. The monoisotopic (exact) mass is 547 g/mol. The maximum absolute atomic E-state index is 13.6. The van der Waals surface area contributed by atoms with Crippen LogP contribution in [0.15, 0.2) is 29.3 Å². The molecule has 1 heterocycles. The number of carbonyl (C=O) groups is 1. The number of aliphatic imine (C=N–C) groups is 1. The molecule has 0 saturated carbocycles.